The topological polar surface area (TPSA) is 100 Å². The first-order valence-electron chi connectivity index (χ1n) is 8.04. The summed E-state index contributed by atoms with van der Waals surface area (Å²) in [5.41, 5.74) is 1.27. The molecule has 1 aromatic carbocycles. The number of carbonyl (C=O) groups is 1. The first-order valence-corrected chi connectivity index (χ1v) is 8.04. The van der Waals surface area contributed by atoms with Gasteiger partial charge in [0.05, 0.1) is 17.5 Å². The Morgan fingerprint density at radius 1 is 1.35 bits per heavy atom. The average Bonchev–Trinajstić information content (AvgIpc) is 2.67. The van der Waals surface area contributed by atoms with Crippen LogP contribution in [-0.4, -0.2) is 46.9 Å². The third kappa shape index (κ3) is 4.47. The zero-order valence-electron chi connectivity index (χ0n) is 14.0. The quantitative estimate of drug-likeness (QED) is 0.610. The van der Waals surface area contributed by atoms with Crippen molar-refractivity contribution >= 4 is 29.7 Å². The van der Waals surface area contributed by atoms with E-state index in [1.54, 1.807) is 35.5 Å². The molecule has 1 fully saturated rings. The van der Waals surface area contributed by atoms with Crippen molar-refractivity contribution in [1.82, 2.24) is 15.2 Å². The van der Waals surface area contributed by atoms with Crippen LogP contribution in [0.2, 0.25) is 0 Å². The predicted molar refractivity (Wildman–Crippen MR) is 100 cm³/mol. The fourth-order valence-electron chi connectivity index (χ4n) is 2.93. The Morgan fingerprint density at radius 2 is 2.15 bits per heavy atom. The summed E-state index contributed by atoms with van der Waals surface area (Å²) < 4.78 is 0. The Bertz CT molecular complexity index is 759. The standard InChI is InChI=1S/C17H19N5O3.ClH/c23-17(12-20-14-5-1-2-6-15(14)22(24)25)21-9-8-19-11-16(21)13-4-3-7-18-10-13;/h1-7,10,16,19-20H,8-9,11-12H2;1H. The highest BCUT2D eigenvalue weighted by Crippen LogP contribution is 2.24. The van der Waals surface area contributed by atoms with Gasteiger partial charge in [0.2, 0.25) is 5.91 Å². The summed E-state index contributed by atoms with van der Waals surface area (Å²) in [6.07, 6.45) is 3.45. The molecule has 3 rings (SSSR count). The van der Waals surface area contributed by atoms with Crippen molar-refractivity contribution in [3.63, 3.8) is 0 Å². The lowest BCUT2D eigenvalue weighted by Gasteiger charge is -2.36. The average molecular weight is 378 g/mol. The lowest BCUT2D eigenvalue weighted by Crippen LogP contribution is -2.50. The molecule has 2 N–H and O–H groups in total. The number of nitro benzene ring substituents is 1. The van der Waals surface area contributed by atoms with Gasteiger partial charge in [0.1, 0.15) is 5.69 Å². The zero-order chi connectivity index (χ0) is 17.6. The van der Waals surface area contributed by atoms with Crippen LogP contribution in [0, 0.1) is 10.1 Å². The van der Waals surface area contributed by atoms with E-state index in [1.807, 2.05) is 12.1 Å². The van der Waals surface area contributed by atoms with E-state index in [1.165, 1.54) is 6.07 Å². The minimum atomic E-state index is -0.462. The van der Waals surface area contributed by atoms with E-state index in [0.29, 0.717) is 25.3 Å². The normalized spacial score (nSPS) is 16.5. The molecular weight excluding hydrogens is 358 g/mol. The summed E-state index contributed by atoms with van der Waals surface area (Å²) in [6, 6.07) is 10.0. The number of rotatable bonds is 5. The smallest absolute Gasteiger partial charge is 0.292 e. The van der Waals surface area contributed by atoms with Crippen LogP contribution in [0.25, 0.3) is 0 Å². The molecule has 0 radical (unpaired) electrons. The minimum absolute atomic E-state index is 0. The van der Waals surface area contributed by atoms with Crippen molar-refractivity contribution in [3.05, 3.63) is 64.5 Å². The van der Waals surface area contributed by atoms with Crippen LogP contribution in [0.15, 0.2) is 48.8 Å². The monoisotopic (exact) mass is 377 g/mol. The molecule has 138 valence electrons. The summed E-state index contributed by atoms with van der Waals surface area (Å²) in [5.74, 6) is -0.103. The van der Waals surface area contributed by atoms with Crippen LogP contribution < -0.4 is 10.6 Å². The van der Waals surface area contributed by atoms with Crippen molar-refractivity contribution in [2.45, 2.75) is 6.04 Å². The summed E-state index contributed by atoms with van der Waals surface area (Å²) in [7, 11) is 0. The second kappa shape index (κ2) is 9.12. The van der Waals surface area contributed by atoms with Crippen LogP contribution in [0.3, 0.4) is 0 Å². The van der Waals surface area contributed by atoms with Gasteiger partial charge >= 0.3 is 0 Å². The molecule has 2 aromatic rings. The first kappa shape index (κ1) is 19.6. The number of carbonyl (C=O) groups excluding carboxylic acids is 1. The van der Waals surface area contributed by atoms with E-state index >= 15 is 0 Å². The molecule has 1 amide bonds. The van der Waals surface area contributed by atoms with Gasteiger partial charge in [0.15, 0.2) is 0 Å². The number of benzene rings is 1. The largest absolute Gasteiger partial charge is 0.371 e. The molecule has 1 atom stereocenters. The second-order valence-corrected chi connectivity index (χ2v) is 5.72. The fraction of sp³-hybridized carbons (Fsp3) is 0.294. The van der Waals surface area contributed by atoms with Gasteiger partial charge in [-0.1, -0.05) is 18.2 Å². The molecular formula is C17H20ClN5O3. The Labute approximate surface area is 157 Å². The lowest BCUT2D eigenvalue weighted by molar-refractivity contribution is -0.383. The SMILES string of the molecule is Cl.O=C(CNc1ccccc1[N+](=O)[O-])N1CCNCC1c1cccnc1. The fourth-order valence-corrected chi connectivity index (χ4v) is 2.93. The molecule has 9 heteroatoms. The summed E-state index contributed by atoms with van der Waals surface area (Å²) in [6.45, 7) is 1.95. The molecule has 0 aliphatic carbocycles. The molecule has 0 saturated carbocycles. The predicted octanol–water partition coefficient (Wildman–Crippen LogP) is 2.00. The maximum absolute atomic E-state index is 12.7. The number of nitrogens with zero attached hydrogens (tertiary/aromatic N) is 3. The number of para-hydroxylation sites is 2. The van der Waals surface area contributed by atoms with Gasteiger partial charge in [0, 0.05) is 38.1 Å². The van der Waals surface area contributed by atoms with Gasteiger partial charge in [-0.25, -0.2) is 0 Å². The summed E-state index contributed by atoms with van der Waals surface area (Å²) >= 11 is 0. The Kier molecular flexibility index (Phi) is 6.88. The van der Waals surface area contributed by atoms with E-state index in [4.69, 9.17) is 0 Å². The highest BCUT2D eigenvalue weighted by atomic mass is 35.5. The van der Waals surface area contributed by atoms with Crippen LogP contribution >= 0.6 is 12.4 Å². The molecule has 1 saturated heterocycles. The summed E-state index contributed by atoms with van der Waals surface area (Å²) in [5, 5.41) is 17.2. The van der Waals surface area contributed by atoms with Crippen molar-refractivity contribution in [2.24, 2.45) is 0 Å². The van der Waals surface area contributed by atoms with Crippen molar-refractivity contribution in [2.75, 3.05) is 31.5 Å². The summed E-state index contributed by atoms with van der Waals surface area (Å²) in [4.78, 5) is 29.2. The van der Waals surface area contributed by atoms with Crippen LogP contribution in [0.5, 0.6) is 0 Å². The number of piperazine rings is 1. The number of nitro groups is 1. The van der Waals surface area contributed by atoms with E-state index in [-0.39, 0.29) is 36.6 Å². The number of amides is 1. The number of hydrogen-bond acceptors (Lipinski definition) is 6. The van der Waals surface area contributed by atoms with E-state index < -0.39 is 4.92 Å². The Morgan fingerprint density at radius 3 is 2.88 bits per heavy atom. The van der Waals surface area contributed by atoms with Crippen LogP contribution in [-0.2, 0) is 4.79 Å². The number of halogens is 1. The number of nitrogens with one attached hydrogen (secondary N) is 2. The number of aromatic nitrogens is 1. The number of anilines is 1. The Hall–Kier alpha value is -2.71. The van der Waals surface area contributed by atoms with Crippen LogP contribution in [0.4, 0.5) is 11.4 Å². The molecule has 0 bridgehead atoms. The van der Waals surface area contributed by atoms with Crippen molar-refractivity contribution in [1.29, 1.82) is 0 Å². The van der Waals surface area contributed by atoms with E-state index in [0.717, 1.165) is 5.56 Å². The first-order chi connectivity index (χ1) is 12.2. The minimum Gasteiger partial charge on any atom is -0.371 e. The van der Waals surface area contributed by atoms with Gasteiger partial charge in [-0.2, -0.15) is 0 Å². The third-order valence-corrected chi connectivity index (χ3v) is 4.16. The lowest BCUT2D eigenvalue weighted by atomic mass is 10.1. The number of pyridine rings is 1. The van der Waals surface area contributed by atoms with Gasteiger partial charge in [-0.3, -0.25) is 19.9 Å². The highest BCUT2D eigenvalue weighted by Gasteiger charge is 2.28. The van der Waals surface area contributed by atoms with Crippen molar-refractivity contribution < 1.29 is 9.72 Å². The van der Waals surface area contributed by atoms with E-state index in [2.05, 4.69) is 15.6 Å². The zero-order valence-corrected chi connectivity index (χ0v) is 14.8. The van der Waals surface area contributed by atoms with Gasteiger partial charge < -0.3 is 15.5 Å². The Balaban J connectivity index is 0.00000243. The third-order valence-electron chi connectivity index (χ3n) is 4.16. The maximum atomic E-state index is 12.7. The number of hydrogen-bond donors (Lipinski definition) is 2. The van der Waals surface area contributed by atoms with Crippen LogP contribution in [0.1, 0.15) is 11.6 Å². The molecule has 1 aliphatic rings. The second-order valence-electron chi connectivity index (χ2n) is 5.72. The molecule has 0 spiro atoms. The molecule has 1 aromatic heterocycles. The van der Waals surface area contributed by atoms with Gasteiger partial charge in [-0.05, 0) is 17.7 Å². The van der Waals surface area contributed by atoms with Gasteiger partial charge in [0.25, 0.3) is 5.69 Å². The molecule has 26 heavy (non-hydrogen) atoms. The van der Waals surface area contributed by atoms with Crippen molar-refractivity contribution in [3.8, 4) is 0 Å². The molecule has 1 unspecified atom stereocenters. The molecule has 2 heterocycles. The van der Waals surface area contributed by atoms with Gasteiger partial charge in [-0.15, -0.1) is 12.4 Å². The van der Waals surface area contributed by atoms with E-state index in [9.17, 15) is 14.9 Å². The maximum Gasteiger partial charge on any atom is 0.292 e. The highest BCUT2D eigenvalue weighted by molar-refractivity contribution is 5.85. The molecule has 1 aliphatic heterocycles. The molecule has 8 nitrogen and oxygen atoms in total.